The van der Waals surface area contributed by atoms with Crippen molar-refractivity contribution in [2.45, 2.75) is 63.5 Å². The molecule has 12 heteroatoms. The lowest BCUT2D eigenvalue weighted by atomic mass is 9.45. The first-order valence-corrected chi connectivity index (χ1v) is 15.9. The molecule has 5 aliphatic rings. The number of rotatable bonds is 9. The molecule has 2 aromatic carbocycles. The van der Waals surface area contributed by atoms with Crippen LogP contribution in [0.2, 0.25) is 0 Å². The van der Waals surface area contributed by atoms with Gasteiger partial charge in [-0.3, -0.25) is 14.4 Å². The van der Waals surface area contributed by atoms with Gasteiger partial charge in [-0.1, -0.05) is 13.8 Å². The fourth-order valence-corrected chi connectivity index (χ4v) is 8.30. The van der Waals surface area contributed by atoms with Crippen LogP contribution in [0.4, 0.5) is 13.2 Å². The van der Waals surface area contributed by atoms with E-state index < -0.39 is 47.7 Å². The third-order valence-electron chi connectivity index (χ3n) is 10.9. The lowest BCUT2D eigenvalue weighted by Gasteiger charge is -2.61. The van der Waals surface area contributed by atoms with Gasteiger partial charge in [-0.25, -0.2) is 0 Å². The van der Waals surface area contributed by atoms with Gasteiger partial charge in [-0.2, -0.15) is 13.2 Å². The van der Waals surface area contributed by atoms with E-state index >= 15 is 0 Å². The lowest BCUT2D eigenvalue weighted by molar-refractivity contribution is -0.137. The van der Waals surface area contributed by atoms with Gasteiger partial charge in [-0.05, 0) is 84.9 Å². The van der Waals surface area contributed by atoms with Crippen LogP contribution in [0.25, 0.3) is 0 Å². The van der Waals surface area contributed by atoms with Crippen LogP contribution in [0.5, 0.6) is 11.5 Å². The fourth-order valence-electron chi connectivity index (χ4n) is 8.30. The standard InChI is InChI=1S/C35H39F3N2O7/c1-34(2)22-9-6-20(25(34)14-22)16-40(33(45)19-4-7-21(8-5-19)35(36,37)38)26-15-24(32(44)39-10-11-41)28-23-12-18(17-42)13-27(46-3)30(23)47-31(28)29(26)43/h4-5,7-8,12-13,15,17,20,22,25-26,28-29,31,41,43H,6,9-11,14,16H2,1-3H3,(H,39,44). The average molecular weight is 657 g/mol. The van der Waals surface area contributed by atoms with E-state index in [4.69, 9.17) is 9.47 Å². The molecule has 7 rings (SSSR count). The molecule has 1 aliphatic heterocycles. The van der Waals surface area contributed by atoms with E-state index in [2.05, 4.69) is 19.2 Å². The number of hydrogen-bond acceptors (Lipinski definition) is 7. The summed E-state index contributed by atoms with van der Waals surface area (Å²) in [5.74, 6) is -0.524. The first-order valence-electron chi connectivity index (χ1n) is 15.9. The Labute approximate surface area is 270 Å². The highest BCUT2D eigenvalue weighted by atomic mass is 19.4. The molecule has 7 unspecified atom stereocenters. The summed E-state index contributed by atoms with van der Waals surface area (Å²) < 4.78 is 51.8. The van der Waals surface area contributed by atoms with Crippen LogP contribution in [-0.2, 0) is 11.0 Å². The number of amides is 2. The van der Waals surface area contributed by atoms with Gasteiger partial charge in [0.25, 0.3) is 5.91 Å². The summed E-state index contributed by atoms with van der Waals surface area (Å²) in [5.41, 5.74) is 0.0846. The molecule has 2 amide bonds. The number of halogens is 3. The number of nitrogens with one attached hydrogen (secondary N) is 1. The van der Waals surface area contributed by atoms with Crippen LogP contribution in [0.1, 0.15) is 70.9 Å². The number of fused-ring (bicyclic) bond motifs is 5. The Hall–Kier alpha value is -3.90. The molecule has 2 bridgehead atoms. The Balaban J connectivity index is 1.44. The van der Waals surface area contributed by atoms with Crippen molar-refractivity contribution in [1.82, 2.24) is 10.2 Å². The van der Waals surface area contributed by atoms with Gasteiger partial charge >= 0.3 is 6.18 Å². The van der Waals surface area contributed by atoms with Crippen molar-refractivity contribution in [2.75, 3.05) is 26.8 Å². The van der Waals surface area contributed by atoms with Crippen LogP contribution in [0.3, 0.4) is 0 Å². The van der Waals surface area contributed by atoms with E-state index in [0.29, 0.717) is 23.7 Å². The van der Waals surface area contributed by atoms with Gasteiger partial charge in [0.1, 0.15) is 18.5 Å². The summed E-state index contributed by atoms with van der Waals surface area (Å²) in [6, 6.07) is 5.94. The summed E-state index contributed by atoms with van der Waals surface area (Å²) in [6.45, 7) is 4.27. The van der Waals surface area contributed by atoms with Crippen LogP contribution in [-0.4, -0.2) is 78.3 Å². The molecule has 3 saturated carbocycles. The highest BCUT2D eigenvalue weighted by Crippen LogP contribution is 2.61. The van der Waals surface area contributed by atoms with Crippen molar-refractivity contribution in [1.29, 1.82) is 0 Å². The monoisotopic (exact) mass is 656 g/mol. The molecule has 252 valence electrons. The highest BCUT2D eigenvalue weighted by Gasteiger charge is 2.56. The zero-order valence-corrected chi connectivity index (χ0v) is 26.4. The quantitative estimate of drug-likeness (QED) is 0.343. The molecule has 0 saturated heterocycles. The topological polar surface area (TPSA) is 125 Å². The largest absolute Gasteiger partial charge is 0.493 e. The van der Waals surface area contributed by atoms with E-state index in [1.165, 1.54) is 24.2 Å². The molecule has 9 nitrogen and oxygen atoms in total. The number of carbonyl (C=O) groups excluding carboxylic acids is 3. The molecule has 7 atom stereocenters. The smallest absolute Gasteiger partial charge is 0.416 e. The Bertz CT molecular complexity index is 1590. The van der Waals surface area contributed by atoms with E-state index in [9.17, 15) is 37.8 Å². The maximum Gasteiger partial charge on any atom is 0.416 e. The SMILES string of the molecule is COc1cc(C=O)cc2c1OC1C2C(C(=O)NCCO)=CC(N(CC2CCC3CC2C3(C)C)C(=O)c2ccc(C(F)(F)F)cc2)C1O. The van der Waals surface area contributed by atoms with Crippen molar-refractivity contribution in [3.05, 3.63) is 70.3 Å². The molecule has 1 heterocycles. The zero-order valence-electron chi connectivity index (χ0n) is 26.4. The number of carbonyl (C=O) groups is 3. The molecule has 47 heavy (non-hydrogen) atoms. The van der Waals surface area contributed by atoms with Gasteiger partial charge in [0.15, 0.2) is 11.5 Å². The first-order chi connectivity index (χ1) is 22.3. The number of nitrogens with zero attached hydrogens (tertiary/aromatic N) is 1. The Morgan fingerprint density at radius 2 is 1.89 bits per heavy atom. The van der Waals surface area contributed by atoms with Crippen molar-refractivity contribution >= 4 is 18.1 Å². The van der Waals surface area contributed by atoms with Crippen LogP contribution < -0.4 is 14.8 Å². The predicted molar refractivity (Wildman–Crippen MR) is 164 cm³/mol. The predicted octanol–water partition coefficient (Wildman–Crippen LogP) is 4.36. The molecule has 0 spiro atoms. The number of ether oxygens (including phenoxy) is 2. The molecule has 3 fully saturated rings. The van der Waals surface area contributed by atoms with Gasteiger partial charge in [-0.15, -0.1) is 0 Å². The van der Waals surface area contributed by atoms with Gasteiger partial charge in [0, 0.05) is 35.4 Å². The first kappa shape index (κ1) is 33.0. The number of alkyl halides is 3. The minimum Gasteiger partial charge on any atom is -0.493 e. The van der Waals surface area contributed by atoms with E-state index in [1.807, 2.05) is 0 Å². The number of benzene rings is 2. The molecule has 0 aromatic heterocycles. The second-order valence-corrected chi connectivity index (χ2v) is 13.6. The molecular formula is C35H39F3N2O7. The Morgan fingerprint density at radius 1 is 1.17 bits per heavy atom. The third-order valence-corrected chi connectivity index (χ3v) is 10.9. The minimum absolute atomic E-state index is 0.0153. The third kappa shape index (κ3) is 5.69. The minimum atomic E-state index is -4.58. The lowest BCUT2D eigenvalue weighted by Crippen LogP contribution is -2.59. The highest BCUT2D eigenvalue weighted by molar-refractivity contribution is 5.98. The number of aldehydes is 1. The van der Waals surface area contributed by atoms with E-state index in [-0.39, 0.29) is 59.2 Å². The zero-order chi connectivity index (χ0) is 33.8. The summed E-state index contributed by atoms with van der Waals surface area (Å²) in [4.78, 5) is 41.2. The normalized spacial score (nSPS) is 28.5. The molecule has 3 N–H and O–H groups in total. The van der Waals surface area contributed by atoms with Crippen molar-refractivity contribution < 1.29 is 47.2 Å². The van der Waals surface area contributed by atoms with E-state index in [0.717, 1.165) is 43.5 Å². The Kier molecular flexibility index (Phi) is 8.63. The van der Waals surface area contributed by atoms with E-state index in [1.54, 1.807) is 6.07 Å². The van der Waals surface area contributed by atoms with Crippen LogP contribution >= 0.6 is 0 Å². The number of aliphatic hydroxyl groups excluding tert-OH is 2. The molecule has 4 aliphatic carbocycles. The van der Waals surface area contributed by atoms with Gasteiger partial charge in [0.2, 0.25) is 5.91 Å². The molecule has 2 aromatic rings. The number of methoxy groups -OCH3 is 1. The van der Waals surface area contributed by atoms with Crippen molar-refractivity contribution in [2.24, 2.45) is 23.2 Å². The van der Waals surface area contributed by atoms with Crippen LogP contribution in [0.15, 0.2) is 48.0 Å². The molecule has 0 radical (unpaired) electrons. The summed E-state index contributed by atoms with van der Waals surface area (Å²) in [5, 5.41) is 24.1. The fraction of sp³-hybridized carbons (Fsp3) is 0.514. The maximum absolute atomic E-state index is 14.3. The summed E-state index contributed by atoms with van der Waals surface area (Å²) in [7, 11) is 1.40. The van der Waals surface area contributed by atoms with Gasteiger partial charge in [0.05, 0.1) is 31.2 Å². The van der Waals surface area contributed by atoms with Crippen molar-refractivity contribution in [3.8, 4) is 11.5 Å². The second-order valence-electron chi connectivity index (χ2n) is 13.6. The number of aliphatic hydroxyl groups is 2. The van der Waals surface area contributed by atoms with Gasteiger partial charge < -0.3 is 29.9 Å². The van der Waals surface area contributed by atoms with Crippen molar-refractivity contribution in [3.63, 3.8) is 0 Å². The Morgan fingerprint density at radius 3 is 2.49 bits per heavy atom. The summed E-state index contributed by atoms with van der Waals surface area (Å²) in [6.07, 6.45) is -2.00. The van der Waals surface area contributed by atoms with Crippen LogP contribution in [0, 0.1) is 23.2 Å². The summed E-state index contributed by atoms with van der Waals surface area (Å²) >= 11 is 0. The maximum atomic E-state index is 14.3. The second kappa shape index (κ2) is 12.3. The molecular weight excluding hydrogens is 617 g/mol. The number of hydrogen-bond donors (Lipinski definition) is 3. The average Bonchev–Trinajstić information content (AvgIpc) is 3.45.